The van der Waals surface area contributed by atoms with Crippen LogP contribution >= 0.6 is 0 Å². The number of urea groups is 1. The minimum atomic E-state index is -0.0532. The second-order valence-electron chi connectivity index (χ2n) is 16.7. The molecule has 0 radical (unpaired) electrons. The Hall–Kier alpha value is -1.83. The number of unbranched alkanes of at least 4 members (excludes halogenated alkanes) is 24. The standard InChI is InChI=1S/C47H91N3O5/c1-4-7-10-13-16-25-32-43-54-45(51)35-28-21-17-23-30-38-50(47(53)48-37-40-49-41-42-49)39-31-24-18-22-29-36-46(52)55-44(33-26-19-14-11-8-5-2)34-27-20-15-12-9-6-3/h44H,4-43H2,1-3H3,(H,48,53). The maximum absolute atomic E-state index is 13.0. The Labute approximate surface area is 340 Å². The van der Waals surface area contributed by atoms with Crippen molar-refractivity contribution >= 4 is 18.0 Å². The van der Waals surface area contributed by atoms with Gasteiger partial charge in [0.2, 0.25) is 0 Å². The van der Waals surface area contributed by atoms with E-state index >= 15 is 0 Å². The Morgan fingerprint density at radius 2 is 0.945 bits per heavy atom. The fourth-order valence-corrected chi connectivity index (χ4v) is 7.38. The molecule has 8 nitrogen and oxygen atoms in total. The Morgan fingerprint density at radius 1 is 0.527 bits per heavy atom. The Kier molecular flexibility index (Phi) is 36.3. The maximum atomic E-state index is 13.0. The quantitative estimate of drug-likeness (QED) is 0.0377. The summed E-state index contributed by atoms with van der Waals surface area (Å²) in [4.78, 5) is 42.3. The molecule has 0 atom stereocenters. The normalized spacial score (nSPS) is 12.7. The fraction of sp³-hybridized carbons (Fsp3) is 0.936. The number of rotatable bonds is 42. The lowest BCUT2D eigenvalue weighted by Gasteiger charge is -2.23. The molecule has 0 spiro atoms. The minimum absolute atomic E-state index is 0.00827. The molecule has 0 unspecified atom stereocenters. The number of hydrogen-bond acceptors (Lipinski definition) is 6. The van der Waals surface area contributed by atoms with Crippen LogP contribution in [0, 0.1) is 0 Å². The third-order valence-electron chi connectivity index (χ3n) is 11.2. The van der Waals surface area contributed by atoms with Crippen molar-refractivity contribution in [1.29, 1.82) is 0 Å². The van der Waals surface area contributed by atoms with Gasteiger partial charge in [0.05, 0.1) is 6.61 Å². The number of hydrogen-bond donors (Lipinski definition) is 1. The van der Waals surface area contributed by atoms with Gasteiger partial charge in [0, 0.05) is 52.1 Å². The van der Waals surface area contributed by atoms with Gasteiger partial charge < -0.3 is 19.7 Å². The van der Waals surface area contributed by atoms with E-state index in [4.69, 9.17) is 9.47 Å². The van der Waals surface area contributed by atoms with E-state index in [1.54, 1.807) is 0 Å². The molecule has 2 amide bonds. The summed E-state index contributed by atoms with van der Waals surface area (Å²) >= 11 is 0. The van der Waals surface area contributed by atoms with E-state index in [2.05, 4.69) is 31.0 Å². The largest absolute Gasteiger partial charge is 0.466 e. The Morgan fingerprint density at radius 3 is 1.44 bits per heavy atom. The second kappa shape index (κ2) is 39.0. The van der Waals surface area contributed by atoms with E-state index < -0.39 is 0 Å². The molecule has 0 aromatic carbocycles. The van der Waals surface area contributed by atoms with Gasteiger partial charge in [-0.25, -0.2) is 4.79 Å². The SMILES string of the molecule is CCCCCCCCCOC(=O)CCCCCCCN(CCCCCCCC(=O)OC(CCCCCCCC)CCCCCCCC)C(=O)NCCN1CC1. The van der Waals surface area contributed by atoms with E-state index in [9.17, 15) is 14.4 Å². The summed E-state index contributed by atoms with van der Waals surface area (Å²) in [5, 5.41) is 3.14. The first-order chi connectivity index (χ1) is 27.0. The molecular formula is C47H91N3O5. The first-order valence-corrected chi connectivity index (χ1v) is 24.1. The van der Waals surface area contributed by atoms with Crippen LogP contribution < -0.4 is 5.32 Å². The van der Waals surface area contributed by atoms with Crippen LogP contribution in [-0.2, 0) is 19.1 Å². The zero-order valence-corrected chi connectivity index (χ0v) is 36.8. The van der Waals surface area contributed by atoms with Gasteiger partial charge in [0.1, 0.15) is 6.10 Å². The smallest absolute Gasteiger partial charge is 0.317 e. The van der Waals surface area contributed by atoms with Crippen molar-refractivity contribution in [1.82, 2.24) is 15.1 Å². The van der Waals surface area contributed by atoms with E-state index in [0.29, 0.717) is 26.0 Å². The molecule has 1 aliphatic heterocycles. The topological polar surface area (TPSA) is 88.0 Å². The molecule has 1 saturated heterocycles. The highest BCUT2D eigenvalue weighted by Gasteiger charge is 2.18. The molecule has 0 saturated carbocycles. The van der Waals surface area contributed by atoms with Crippen LogP contribution in [0.2, 0.25) is 0 Å². The molecular weight excluding hydrogens is 687 g/mol. The molecule has 55 heavy (non-hydrogen) atoms. The summed E-state index contributed by atoms with van der Waals surface area (Å²) in [6.07, 6.45) is 37.1. The van der Waals surface area contributed by atoms with Crippen LogP contribution in [0.4, 0.5) is 4.79 Å². The van der Waals surface area contributed by atoms with Crippen molar-refractivity contribution in [2.24, 2.45) is 0 Å². The summed E-state index contributed by atoms with van der Waals surface area (Å²) < 4.78 is 11.5. The third-order valence-corrected chi connectivity index (χ3v) is 11.2. The van der Waals surface area contributed by atoms with Gasteiger partial charge in [-0.1, -0.05) is 162 Å². The van der Waals surface area contributed by atoms with Crippen molar-refractivity contribution in [2.75, 3.05) is 45.9 Å². The fourth-order valence-electron chi connectivity index (χ4n) is 7.38. The third kappa shape index (κ3) is 35.1. The molecule has 1 fully saturated rings. The predicted octanol–water partition coefficient (Wildman–Crippen LogP) is 12.7. The average Bonchev–Trinajstić information content (AvgIpc) is 4.01. The number of carbonyl (C=O) groups excluding carboxylic acids is 3. The number of nitrogens with one attached hydrogen (secondary N) is 1. The van der Waals surface area contributed by atoms with E-state index in [1.807, 2.05) is 4.90 Å². The van der Waals surface area contributed by atoms with Gasteiger partial charge in [-0.05, 0) is 57.8 Å². The van der Waals surface area contributed by atoms with Gasteiger partial charge >= 0.3 is 18.0 Å². The van der Waals surface area contributed by atoms with Gasteiger partial charge in [-0.3, -0.25) is 14.5 Å². The van der Waals surface area contributed by atoms with Crippen LogP contribution in [0.25, 0.3) is 0 Å². The summed E-state index contributed by atoms with van der Waals surface area (Å²) in [5.74, 6) is -0.0615. The average molecular weight is 778 g/mol. The minimum Gasteiger partial charge on any atom is -0.466 e. The van der Waals surface area contributed by atoms with Crippen molar-refractivity contribution in [3.63, 3.8) is 0 Å². The summed E-state index contributed by atoms with van der Waals surface area (Å²) in [6.45, 7) is 12.8. The molecule has 0 aromatic heterocycles. The van der Waals surface area contributed by atoms with Crippen LogP contribution in [0.15, 0.2) is 0 Å². The van der Waals surface area contributed by atoms with Crippen molar-refractivity contribution < 1.29 is 23.9 Å². The van der Waals surface area contributed by atoms with Crippen molar-refractivity contribution in [3.8, 4) is 0 Å². The first kappa shape index (κ1) is 51.2. The number of carbonyl (C=O) groups is 3. The molecule has 8 heteroatoms. The van der Waals surface area contributed by atoms with E-state index in [0.717, 1.165) is 123 Å². The zero-order valence-electron chi connectivity index (χ0n) is 36.8. The molecule has 0 aliphatic carbocycles. The van der Waals surface area contributed by atoms with Crippen molar-refractivity contribution in [3.05, 3.63) is 0 Å². The van der Waals surface area contributed by atoms with Gasteiger partial charge in [0.15, 0.2) is 0 Å². The van der Waals surface area contributed by atoms with Crippen LogP contribution in [0.5, 0.6) is 0 Å². The summed E-state index contributed by atoms with van der Waals surface area (Å²) in [7, 11) is 0. The second-order valence-corrected chi connectivity index (χ2v) is 16.7. The maximum Gasteiger partial charge on any atom is 0.317 e. The number of nitrogens with zero attached hydrogens (tertiary/aromatic N) is 2. The van der Waals surface area contributed by atoms with Gasteiger partial charge in [-0.2, -0.15) is 0 Å². The highest BCUT2D eigenvalue weighted by molar-refractivity contribution is 5.74. The Bertz CT molecular complexity index is 867. The first-order valence-electron chi connectivity index (χ1n) is 24.1. The zero-order chi connectivity index (χ0) is 39.9. The highest BCUT2D eigenvalue weighted by Crippen LogP contribution is 2.19. The van der Waals surface area contributed by atoms with E-state index in [1.165, 1.54) is 109 Å². The monoisotopic (exact) mass is 778 g/mol. The molecule has 1 heterocycles. The van der Waals surface area contributed by atoms with E-state index in [-0.39, 0.29) is 24.1 Å². The summed E-state index contributed by atoms with van der Waals surface area (Å²) in [5.41, 5.74) is 0. The molecule has 1 aliphatic rings. The number of amides is 2. The molecule has 1 N–H and O–H groups in total. The van der Waals surface area contributed by atoms with Gasteiger partial charge in [-0.15, -0.1) is 0 Å². The lowest BCUT2D eigenvalue weighted by atomic mass is 10.0. The Balaban J connectivity index is 2.25. The number of esters is 2. The lowest BCUT2D eigenvalue weighted by Crippen LogP contribution is -2.42. The molecule has 1 rings (SSSR count). The van der Waals surface area contributed by atoms with Gasteiger partial charge in [0.25, 0.3) is 0 Å². The van der Waals surface area contributed by atoms with Crippen LogP contribution in [0.3, 0.4) is 0 Å². The van der Waals surface area contributed by atoms with Crippen LogP contribution in [-0.4, -0.2) is 79.7 Å². The molecule has 0 bridgehead atoms. The predicted molar refractivity (Wildman–Crippen MR) is 232 cm³/mol. The molecule has 0 aromatic rings. The van der Waals surface area contributed by atoms with Crippen molar-refractivity contribution in [2.45, 2.75) is 239 Å². The lowest BCUT2D eigenvalue weighted by molar-refractivity contribution is -0.150. The molecule has 324 valence electrons. The summed E-state index contributed by atoms with van der Waals surface area (Å²) in [6, 6.07) is 0.0600. The van der Waals surface area contributed by atoms with Crippen LogP contribution in [0.1, 0.15) is 233 Å². The highest BCUT2D eigenvalue weighted by atomic mass is 16.5. The number of ether oxygens (including phenoxy) is 2.